The van der Waals surface area contributed by atoms with Crippen LogP contribution in [0.2, 0.25) is 0 Å². The maximum atomic E-state index is 12.3. The lowest BCUT2D eigenvalue weighted by molar-refractivity contribution is -0.133. The van der Waals surface area contributed by atoms with Crippen molar-refractivity contribution >= 4 is 35.2 Å². The highest BCUT2D eigenvalue weighted by Crippen LogP contribution is 2.29. The molecule has 0 fully saturated rings. The zero-order chi connectivity index (χ0) is 15.7. The molecule has 2 aromatic rings. The Kier molecular flexibility index (Phi) is 3.68. The van der Waals surface area contributed by atoms with Crippen molar-refractivity contribution in [2.24, 2.45) is 0 Å². The van der Waals surface area contributed by atoms with Gasteiger partial charge in [-0.15, -0.1) is 11.8 Å². The molecule has 0 radical (unpaired) electrons. The second-order valence-electron chi connectivity index (χ2n) is 4.67. The molecule has 0 spiro atoms. The molecule has 0 unspecified atom stereocenters. The van der Waals surface area contributed by atoms with Gasteiger partial charge in [-0.2, -0.15) is 0 Å². The number of aliphatic carboxylic acids is 1. The highest BCUT2D eigenvalue weighted by atomic mass is 32.2. The number of imide groups is 1. The minimum absolute atomic E-state index is 0.0354. The number of carbonyl (C=O) groups is 3. The average molecular weight is 313 g/mol. The Bertz CT molecular complexity index is 735. The summed E-state index contributed by atoms with van der Waals surface area (Å²) in [6.07, 6.45) is 0. The van der Waals surface area contributed by atoms with Gasteiger partial charge in [0.2, 0.25) is 0 Å². The lowest BCUT2D eigenvalue weighted by Crippen LogP contribution is -2.29. The Morgan fingerprint density at radius 2 is 1.50 bits per heavy atom. The summed E-state index contributed by atoms with van der Waals surface area (Å²) < 4.78 is 0. The Labute approximate surface area is 130 Å². The van der Waals surface area contributed by atoms with Crippen molar-refractivity contribution in [2.45, 2.75) is 4.90 Å². The standard InChI is InChI=1S/C16H11NO4S/c18-14(19)9-22-11-7-5-10(6-8-11)17-15(20)12-3-1-2-4-13(12)16(17)21/h1-8H,9H2,(H,18,19). The Balaban J connectivity index is 1.85. The van der Waals surface area contributed by atoms with Crippen LogP contribution < -0.4 is 4.90 Å². The van der Waals surface area contributed by atoms with Crippen LogP contribution in [-0.4, -0.2) is 28.6 Å². The van der Waals surface area contributed by atoms with Gasteiger partial charge in [-0.05, 0) is 36.4 Å². The molecular formula is C16H11NO4S. The predicted molar refractivity (Wildman–Crippen MR) is 82.4 cm³/mol. The summed E-state index contributed by atoms with van der Waals surface area (Å²) in [5, 5.41) is 8.65. The number of thioether (sulfide) groups is 1. The largest absolute Gasteiger partial charge is 0.481 e. The van der Waals surface area contributed by atoms with Crippen molar-refractivity contribution in [3.63, 3.8) is 0 Å². The number of carbonyl (C=O) groups excluding carboxylic acids is 2. The molecule has 0 bridgehead atoms. The maximum Gasteiger partial charge on any atom is 0.313 e. The fourth-order valence-corrected chi connectivity index (χ4v) is 2.88. The van der Waals surface area contributed by atoms with Crippen LogP contribution in [0.3, 0.4) is 0 Å². The van der Waals surface area contributed by atoms with Gasteiger partial charge in [-0.3, -0.25) is 14.4 Å². The lowest BCUT2D eigenvalue weighted by Gasteiger charge is -2.14. The molecule has 5 nitrogen and oxygen atoms in total. The van der Waals surface area contributed by atoms with Gasteiger partial charge >= 0.3 is 5.97 Å². The summed E-state index contributed by atoms with van der Waals surface area (Å²) in [5.74, 6) is -1.61. The third kappa shape index (κ3) is 2.48. The molecule has 0 saturated heterocycles. The molecule has 110 valence electrons. The molecule has 0 aliphatic carbocycles. The van der Waals surface area contributed by atoms with Gasteiger partial charge in [0.25, 0.3) is 11.8 Å². The Hall–Kier alpha value is -2.60. The van der Waals surface area contributed by atoms with Crippen LogP contribution in [0.15, 0.2) is 53.4 Å². The topological polar surface area (TPSA) is 74.7 Å². The number of hydrogen-bond acceptors (Lipinski definition) is 4. The van der Waals surface area contributed by atoms with Gasteiger partial charge in [-0.25, -0.2) is 4.90 Å². The number of anilines is 1. The Morgan fingerprint density at radius 3 is 2.00 bits per heavy atom. The minimum atomic E-state index is -0.894. The average Bonchev–Trinajstić information content (AvgIpc) is 2.78. The van der Waals surface area contributed by atoms with Crippen molar-refractivity contribution in [3.8, 4) is 0 Å². The van der Waals surface area contributed by atoms with Crippen molar-refractivity contribution in [2.75, 3.05) is 10.7 Å². The van der Waals surface area contributed by atoms with E-state index in [1.165, 1.54) is 11.8 Å². The summed E-state index contributed by atoms with van der Waals surface area (Å²) in [5.41, 5.74) is 1.28. The van der Waals surface area contributed by atoms with Gasteiger partial charge in [0.15, 0.2) is 0 Å². The smallest absolute Gasteiger partial charge is 0.313 e. The second kappa shape index (κ2) is 5.65. The van der Waals surface area contributed by atoms with Crippen LogP contribution in [0.4, 0.5) is 5.69 Å². The lowest BCUT2D eigenvalue weighted by atomic mass is 10.1. The molecule has 3 rings (SSSR count). The highest BCUT2D eigenvalue weighted by Gasteiger charge is 2.36. The first-order chi connectivity index (χ1) is 10.6. The van der Waals surface area contributed by atoms with E-state index in [0.29, 0.717) is 16.8 Å². The molecular weight excluding hydrogens is 302 g/mol. The third-order valence-corrected chi connectivity index (χ3v) is 4.25. The summed E-state index contributed by atoms with van der Waals surface area (Å²) in [6, 6.07) is 13.4. The van der Waals surface area contributed by atoms with E-state index < -0.39 is 5.97 Å². The molecule has 2 amide bonds. The van der Waals surface area contributed by atoms with E-state index in [1.807, 2.05) is 0 Å². The van der Waals surface area contributed by atoms with E-state index in [9.17, 15) is 14.4 Å². The predicted octanol–water partition coefficient (Wildman–Crippen LogP) is 2.66. The fraction of sp³-hybridized carbons (Fsp3) is 0.0625. The van der Waals surface area contributed by atoms with Gasteiger partial charge < -0.3 is 5.11 Å². The van der Waals surface area contributed by atoms with E-state index in [0.717, 1.165) is 9.80 Å². The Morgan fingerprint density at radius 1 is 0.955 bits per heavy atom. The number of carboxylic acid groups (broad SMARTS) is 1. The molecule has 0 atom stereocenters. The SMILES string of the molecule is O=C(O)CSc1ccc(N2C(=O)c3ccccc3C2=O)cc1. The second-order valence-corrected chi connectivity index (χ2v) is 5.72. The molecule has 6 heteroatoms. The monoisotopic (exact) mass is 313 g/mol. The number of nitrogens with zero attached hydrogens (tertiary/aromatic N) is 1. The first-order valence-corrected chi connectivity index (χ1v) is 7.49. The van der Waals surface area contributed by atoms with Crippen LogP contribution in [0.1, 0.15) is 20.7 Å². The van der Waals surface area contributed by atoms with Crippen LogP contribution in [0.5, 0.6) is 0 Å². The minimum Gasteiger partial charge on any atom is -0.481 e. The number of amides is 2. The molecule has 2 aromatic carbocycles. The zero-order valence-corrected chi connectivity index (χ0v) is 12.2. The maximum absolute atomic E-state index is 12.3. The number of carboxylic acids is 1. The molecule has 0 saturated carbocycles. The molecule has 1 N–H and O–H groups in total. The third-order valence-electron chi connectivity index (χ3n) is 3.25. The van der Waals surface area contributed by atoms with Gasteiger partial charge in [0.05, 0.1) is 22.6 Å². The molecule has 0 aromatic heterocycles. The van der Waals surface area contributed by atoms with Crippen LogP contribution in [-0.2, 0) is 4.79 Å². The van der Waals surface area contributed by atoms with Crippen molar-refractivity contribution in [3.05, 3.63) is 59.7 Å². The summed E-state index contributed by atoms with van der Waals surface area (Å²) in [4.78, 5) is 37.1. The molecule has 1 aliphatic heterocycles. The zero-order valence-electron chi connectivity index (χ0n) is 11.4. The van der Waals surface area contributed by atoms with E-state index in [2.05, 4.69) is 0 Å². The van der Waals surface area contributed by atoms with Crippen LogP contribution in [0.25, 0.3) is 0 Å². The first-order valence-electron chi connectivity index (χ1n) is 6.50. The van der Waals surface area contributed by atoms with Gasteiger partial charge in [-0.1, -0.05) is 12.1 Å². The number of fused-ring (bicyclic) bond motifs is 1. The molecule has 1 heterocycles. The summed E-state index contributed by atoms with van der Waals surface area (Å²) >= 11 is 1.18. The summed E-state index contributed by atoms with van der Waals surface area (Å²) in [6.45, 7) is 0. The highest BCUT2D eigenvalue weighted by molar-refractivity contribution is 8.00. The molecule has 22 heavy (non-hydrogen) atoms. The first kappa shape index (κ1) is 14.3. The quantitative estimate of drug-likeness (QED) is 0.694. The van der Waals surface area contributed by atoms with E-state index in [-0.39, 0.29) is 17.6 Å². The number of benzene rings is 2. The van der Waals surface area contributed by atoms with Crippen LogP contribution in [0, 0.1) is 0 Å². The number of hydrogen-bond donors (Lipinski definition) is 1. The van der Waals surface area contributed by atoms with E-state index >= 15 is 0 Å². The van der Waals surface area contributed by atoms with Crippen molar-refractivity contribution < 1.29 is 19.5 Å². The van der Waals surface area contributed by atoms with Crippen LogP contribution >= 0.6 is 11.8 Å². The van der Waals surface area contributed by atoms with E-state index in [4.69, 9.17) is 5.11 Å². The van der Waals surface area contributed by atoms with Gasteiger partial charge in [0, 0.05) is 4.90 Å². The normalized spacial score (nSPS) is 13.4. The van der Waals surface area contributed by atoms with Crippen molar-refractivity contribution in [1.29, 1.82) is 0 Å². The number of rotatable bonds is 4. The fourth-order valence-electron chi connectivity index (χ4n) is 2.26. The summed E-state index contributed by atoms with van der Waals surface area (Å²) in [7, 11) is 0. The van der Waals surface area contributed by atoms with Crippen molar-refractivity contribution in [1.82, 2.24) is 0 Å². The van der Waals surface area contributed by atoms with E-state index in [1.54, 1.807) is 48.5 Å². The molecule has 1 aliphatic rings. The van der Waals surface area contributed by atoms with Gasteiger partial charge in [0.1, 0.15) is 0 Å².